The summed E-state index contributed by atoms with van der Waals surface area (Å²) >= 11 is 0. The monoisotopic (exact) mass is 368 g/mol. The van der Waals surface area contributed by atoms with Crippen molar-refractivity contribution < 1.29 is 19.0 Å². The van der Waals surface area contributed by atoms with Crippen molar-refractivity contribution in [2.24, 2.45) is 0 Å². The average molecular weight is 368 g/mol. The number of hydrogen-bond acceptors (Lipinski definition) is 4. The Hall–Kier alpha value is -2.89. The molecule has 0 saturated heterocycles. The second-order valence-electron chi connectivity index (χ2n) is 6.94. The number of benzene rings is 2. The van der Waals surface area contributed by atoms with E-state index >= 15 is 0 Å². The van der Waals surface area contributed by atoms with E-state index in [0.717, 1.165) is 29.8 Å². The molecule has 4 rings (SSSR count). The van der Waals surface area contributed by atoms with Gasteiger partial charge in [0.1, 0.15) is 12.4 Å². The van der Waals surface area contributed by atoms with Crippen LogP contribution in [0.1, 0.15) is 37.7 Å². The maximum Gasteiger partial charge on any atom is 0.319 e. The highest BCUT2D eigenvalue weighted by molar-refractivity contribution is 5.89. The molecule has 2 aromatic rings. The summed E-state index contributed by atoms with van der Waals surface area (Å²) in [4.78, 5) is 12.2. The molecule has 0 aromatic heterocycles. The van der Waals surface area contributed by atoms with Crippen LogP contribution in [-0.4, -0.2) is 18.9 Å². The Morgan fingerprint density at radius 1 is 1.04 bits per heavy atom. The van der Waals surface area contributed by atoms with Gasteiger partial charge in [-0.1, -0.05) is 31.4 Å². The largest absolute Gasteiger partial charge is 0.489 e. The summed E-state index contributed by atoms with van der Waals surface area (Å²) in [6.45, 7) is 0.648. The SMILES string of the molecule is O=C(Nc1cccc(COc2ccc3c(c2)OCO3)c1)NC1CCCCC1. The first-order valence-electron chi connectivity index (χ1n) is 9.45. The molecule has 1 heterocycles. The average Bonchev–Trinajstić information content (AvgIpc) is 3.15. The van der Waals surface area contributed by atoms with Crippen molar-refractivity contribution in [3.05, 3.63) is 48.0 Å². The number of anilines is 1. The fourth-order valence-electron chi connectivity index (χ4n) is 3.47. The Morgan fingerprint density at radius 3 is 2.78 bits per heavy atom. The van der Waals surface area contributed by atoms with E-state index in [4.69, 9.17) is 14.2 Å². The molecular formula is C21H24N2O4. The number of carbonyl (C=O) groups is 1. The van der Waals surface area contributed by atoms with Gasteiger partial charge >= 0.3 is 6.03 Å². The van der Waals surface area contributed by atoms with E-state index in [-0.39, 0.29) is 18.9 Å². The van der Waals surface area contributed by atoms with Gasteiger partial charge in [0.05, 0.1) is 0 Å². The lowest BCUT2D eigenvalue weighted by Crippen LogP contribution is -2.39. The standard InChI is InChI=1S/C21H24N2O4/c24-21(22-16-6-2-1-3-7-16)23-17-8-4-5-15(11-17)13-25-18-9-10-19-20(12-18)27-14-26-19/h4-5,8-12,16H,1-3,6-7,13-14H2,(H2,22,23,24). The fraction of sp³-hybridized carbons (Fsp3) is 0.381. The van der Waals surface area contributed by atoms with Crippen molar-refractivity contribution in [1.29, 1.82) is 0 Å². The van der Waals surface area contributed by atoms with Gasteiger partial charge in [-0.15, -0.1) is 0 Å². The van der Waals surface area contributed by atoms with Gasteiger partial charge in [0.25, 0.3) is 0 Å². The highest BCUT2D eigenvalue weighted by Crippen LogP contribution is 2.35. The molecule has 0 radical (unpaired) electrons. The number of carbonyl (C=O) groups excluding carboxylic acids is 1. The fourth-order valence-corrected chi connectivity index (χ4v) is 3.47. The molecule has 1 aliphatic carbocycles. The summed E-state index contributed by atoms with van der Waals surface area (Å²) in [5.74, 6) is 2.15. The first-order valence-corrected chi connectivity index (χ1v) is 9.45. The first kappa shape index (κ1) is 17.5. The number of rotatable bonds is 5. The van der Waals surface area contributed by atoms with Crippen molar-refractivity contribution in [2.75, 3.05) is 12.1 Å². The summed E-state index contributed by atoms with van der Waals surface area (Å²) in [5.41, 5.74) is 1.73. The smallest absolute Gasteiger partial charge is 0.319 e. The number of fused-ring (bicyclic) bond motifs is 1. The van der Waals surface area contributed by atoms with E-state index in [1.54, 1.807) is 0 Å². The molecule has 0 atom stereocenters. The quantitative estimate of drug-likeness (QED) is 0.818. The Bertz CT molecular complexity index is 803. The van der Waals surface area contributed by atoms with E-state index < -0.39 is 0 Å². The van der Waals surface area contributed by atoms with Crippen molar-refractivity contribution in [3.63, 3.8) is 0 Å². The van der Waals surface area contributed by atoms with E-state index in [0.29, 0.717) is 18.1 Å². The predicted octanol–water partition coefficient (Wildman–Crippen LogP) is 4.45. The van der Waals surface area contributed by atoms with Gasteiger partial charge in [-0.05, 0) is 42.7 Å². The molecule has 2 N–H and O–H groups in total. The van der Waals surface area contributed by atoms with Gasteiger partial charge in [0.2, 0.25) is 6.79 Å². The molecule has 1 saturated carbocycles. The zero-order valence-corrected chi connectivity index (χ0v) is 15.2. The molecule has 1 aliphatic heterocycles. The Balaban J connectivity index is 1.31. The van der Waals surface area contributed by atoms with Crippen molar-refractivity contribution in [2.45, 2.75) is 44.8 Å². The molecule has 0 spiro atoms. The molecule has 142 valence electrons. The summed E-state index contributed by atoms with van der Waals surface area (Å²) in [5, 5.41) is 5.98. The van der Waals surface area contributed by atoms with Crippen LogP contribution in [0.3, 0.4) is 0 Å². The van der Waals surface area contributed by atoms with Gasteiger partial charge in [-0.2, -0.15) is 0 Å². The van der Waals surface area contributed by atoms with Crippen molar-refractivity contribution >= 4 is 11.7 Å². The van der Waals surface area contributed by atoms with Crippen LogP contribution >= 0.6 is 0 Å². The minimum Gasteiger partial charge on any atom is -0.489 e. The van der Waals surface area contributed by atoms with E-state index in [1.807, 2.05) is 42.5 Å². The topological polar surface area (TPSA) is 68.8 Å². The molecule has 1 fully saturated rings. The van der Waals surface area contributed by atoms with Crippen LogP contribution in [0.25, 0.3) is 0 Å². The minimum atomic E-state index is -0.143. The third kappa shape index (κ3) is 4.64. The summed E-state index contributed by atoms with van der Waals surface area (Å²) in [6, 6.07) is 13.3. The Labute approximate surface area is 158 Å². The van der Waals surface area contributed by atoms with Gasteiger partial charge < -0.3 is 24.8 Å². The molecule has 2 aromatic carbocycles. The minimum absolute atomic E-state index is 0.143. The zero-order chi connectivity index (χ0) is 18.5. The molecule has 27 heavy (non-hydrogen) atoms. The van der Waals surface area contributed by atoms with Gasteiger partial charge in [-0.25, -0.2) is 4.79 Å². The van der Waals surface area contributed by atoms with Crippen LogP contribution in [-0.2, 0) is 6.61 Å². The highest BCUT2D eigenvalue weighted by atomic mass is 16.7. The first-order chi connectivity index (χ1) is 13.3. The lowest BCUT2D eigenvalue weighted by atomic mass is 9.96. The Kier molecular flexibility index (Phi) is 5.32. The number of ether oxygens (including phenoxy) is 3. The normalized spacial score (nSPS) is 16.0. The van der Waals surface area contributed by atoms with E-state index in [9.17, 15) is 4.79 Å². The van der Waals surface area contributed by atoms with Crippen LogP contribution < -0.4 is 24.8 Å². The Morgan fingerprint density at radius 2 is 1.89 bits per heavy atom. The van der Waals surface area contributed by atoms with Crippen LogP contribution in [0.4, 0.5) is 10.5 Å². The van der Waals surface area contributed by atoms with Crippen LogP contribution in [0.15, 0.2) is 42.5 Å². The van der Waals surface area contributed by atoms with E-state index in [1.165, 1.54) is 19.3 Å². The van der Waals surface area contributed by atoms with Crippen molar-refractivity contribution in [3.8, 4) is 17.2 Å². The zero-order valence-electron chi connectivity index (χ0n) is 15.2. The molecule has 2 aliphatic rings. The molecule has 6 heteroatoms. The number of nitrogens with one attached hydrogen (secondary N) is 2. The molecular weight excluding hydrogens is 344 g/mol. The third-order valence-corrected chi connectivity index (χ3v) is 4.87. The van der Waals surface area contributed by atoms with Crippen molar-refractivity contribution in [1.82, 2.24) is 5.32 Å². The summed E-state index contributed by atoms with van der Waals surface area (Å²) < 4.78 is 16.5. The maximum atomic E-state index is 12.2. The van der Waals surface area contributed by atoms with E-state index in [2.05, 4.69) is 10.6 Å². The molecule has 0 unspecified atom stereocenters. The number of urea groups is 1. The molecule has 0 bridgehead atoms. The molecule has 6 nitrogen and oxygen atoms in total. The summed E-state index contributed by atoms with van der Waals surface area (Å²) in [6.07, 6.45) is 5.79. The second kappa shape index (κ2) is 8.20. The van der Waals surface area contributed by atoms with Crippen LogP contribution in [0.5, 0.6) is 17.2 Å². The number of amides is 2. The number of hydrogen-bond donors (Lipinski definition) is 2. The van der Waals surface area contributed by atoms with Crippen LogP contribution in [0.2, 0.25) is 0 Å². The second-order valence-corrected chi connectivity index (χ2v) is 6.94. The lowest BCUT2D eigenvalue weighted by molar-refractivity contribution is 0.173. The highest BCUT2D eigenvalue weighted by Gasteiger charge is 2.16. The van der Waals surface area contributed by atoms with Gasteiger partial charge in [-0.3, -0.25) is 0 Å². The van der Waals surface area contributed by atoms with Gasteiger partial charge in [0, 0.05) is 17.8 Å². The predicted molar refractivity (Wildman–Crippen MR) is 102 cm³/mol. The third-order valence-electron chi connectivity index (χ3n) is 4.87. The summed E-state index contributed by atoms with van der Waals surface area (Å²) in [7, 11) is 0. The van der Waals surface area contributed by atoms with Gasteiger partial charge in [0.15, 0.2) is 11.5 Å². The lowest BCUT2D eigenvalue weighted by Gasteiger charge is -2.22. The molecule has 2 amide bonds. The van der Waals surface area contributed by atoms with Crippen LogP contribution in [0, 0.1) is 0 Å². The maximum absolute atomic E-state index is 12.2.